The summed E-state index contributed by atoms with van der Waals surface area (Å²) >= 11 is 0. The van der Waals surface area contributed by atoms with Gasteiger partial charge in [0.1, 0.15) is 6.42 Å². The molecule has 0 aromatic heterocycles. The largest absolute Gasteiger partial charge is 0.478 e. The van der Waals surface area contributed by atoms with Crippen molar-refractivity contribution in [2.45, 2.75) is 12.8 Å². The number of hydrogen-bond acceptors (Lipinski definition) is 5. The molecule has 0 spiro atoms. The van der Waals surface area contributed by atoms with E-state index in [-0.39, 0.29) is 29.7 Å². The number of rotatable bonds is 7. The smallest absolute Gasteiger partial charge is 0.335 e. The Morgan fingerprint density at radius 1 is 0.810 bits per heavy atom. The topological polar surface area (TPSA) is 128 Å². The van der Waals surface area contributed by atoms with Crippen molar-refractivity contribution in [3.8, 4) is 0 Å². The first-order valence-corrected chi connectivity index (χ1v) is 13.4. The molecule has 2 aliphatic rings. The lowest BCUT2D eigenvalue weighted by Crippen LogP contribution is -2.32. The lowest BCUT2D eigenvalue weighted by atomic mass is 9.99. The summed E-state index contributed by atoms with van der Waals surface area (Å²) in [4.78, 5) is 51.8. The number of nitrogens with one attached hydrogen (secondary N) is 3. The van der Waals surface area contributed by atoms with E-state index in [9.17, 15) is 24.3 Å². The van der Waals surface area contributed by atoms with E-state index in [1.165, 1.54) is 12.1 Å². The number of amides is 3. The number of carboxylic acids is 1. The third-order valence-electron chi connectivity index (χ3n) is 7.24. The van der Waals surface area contributed by atoms with E-state index in [0.29, 0.717) is 41.2 Å². The molecular weight excluding hydrogens is 532 g/mol. The van der Waals surface area contributed by atoms with Gasteiger partial charge in [-0.3, -0.25) is 14.4 Å². The van der Waals surface area contributed by atoms with Gasteiger partial charge in [-0.2, -0.15) is 0 Å². The highest BCUT2D eigenvalue weighted by Crippen LogP contribution is 2.39. The molecular formula is C33H26N4O5. The molecule has 9 nitrogen and oxygen atoms in total. The van der Waals surface area contributed by atoms with Crippen LogP contribution in [-0.4, -0.2) is 35.3 Å². The summed E-state index contributed by atoms with van der Waals surface area (Å²) in [6, 6.07) is 28.6. The fourth-order valence-corrected chi connectivity index (χ4v) is 5.28. The van der Waals surface area contributed by atoms with Crippen LogP contribution >= 0.6 is 0 Å². The predicted octanol–water partition coefficient (Wildman–Crippen LogP) is 5.24. The normalized spacial score (nSPS) is 14.5. The van der Waals surface area contributed by atoms with Crippen molar-refractivity contribution in [1.82, 2.24) is 0 Å². The van der Waals surface area contributed by atoms with Crippen molar-refractivity contribution >= 4 is 57.7 Å². The minimum absolute atomic E-state index is 0.0831. The summed E-state index contributed by atoms with van der Waals surface area (Å²) < 4.78 is 0. The van der Waals surface area contributed by atoms with Crippen molar-refractivity contribution in [3.05, 3.63) is 119 Å². The van der Waals surface area contributed by atoms with Gasteiger partial charge in [0.05, 0.1) is 22.5 Å². The van der Waals surface area contributed by atoms with Gasteiger partial charge >= 0.3 is 5.97 Å². The van der Waals surface area contributed by atoms with Gasteiger partial charge in [-0.15, -0.1) is 0 Å². The van der Waals surface area contributed by atoms with Crippen molar-refractivity contribution in [1.29, 1.82) is 0 Å². The number of nitrogens with zero attached hydrogens (tertiary/aromatic N) is 1. The number of carboxylic acid groups (broad SMARTS) is 1. The summed E-state index contributed by atoms with van der Waals surface area (Å²) in [5.41, 5.74) is 5.91. The quantitative estimate of drug-likeness (QED) is 0.182. The molecule has 4 aromatic rings. The third kappa shape index (κ3) is 5.23. The molecule has 208 valence electrons. The van der Waals surface area contributed by atoms with Crippen LogP contribution in [0.3, 0.4) is 0 Å². The fourth-order valence-electron chi connectivity index (χ4n) is 5.28. The maximum atomic E-state index is 13.2. The first-order chi connectivity index (χ1) is 20.4. The summed E-state index contributed by atoms with van der Waals surface area (Å²) in [6.45, 7) is 0.463. The summed E-state index contributed by atoms with van der Waals surface area (Å²) in [6.07, 6.45) is 0.353. The summed E-state index contributed by atoms with van der Waals surface area (Å²) in [7, 11) is 0. The van der Waals surface area contributed by atoms with E-state index < -0.39 is 5.97 Å². The maximum Gasteiger partial charge on any atom is 0.335 e. The van der Waals surface area contributed by atoms with E-state index in [0.717, 1.165) is 22.5 Å². The number of fused-ring (bicyclic) bond motifs is 2. The van der Waals surface area contributed by atoms with Crippen molar-refractivity contribution in [3.63, 3.8) is 0 Å². The van der Waals surface area contributed by atoms with E-state index in [4.69, 9.17) is 0 Å². The van der Waals surface area contributed by atoms with Crippen LogP contribution < -0.4 is 20.9 Å². The Hall–Kier alpha value is -5.70. The van der Waals surface area contributed by atoms with E-state index in [2.05, 4.69) is 16.0 Å². The number of benzene rings is 4. The third-order valence-corrected chi connectivity index (χ3v) is 7.24. The molecule has 0 saturated heterocycles. The Balaban J connectivity index is 1.27. The average Bonchev–Trinajstić information content (AvgIpc) is 3.56. The zero-order valence-electron chi connectivity index (χ0n) is 22.4. The molecule has 0 aliphatic carbocycles. The highest BCUT2D eigenvalue weighted by Gasteiger charge is 2.30. The van der Waals surface area contributed by atoms with Gasteiger partial charge in [-0.25, -0.2) is 4.79 Å². The van der Waals surface area contributed by atoms with Crippen LogP contribution in [0, 0.1) is 0 Å². The zero-order valence-corrected chi connectivity index (χ0v) is 22.4. The number of aromatic carboxylic acids is 1. The van der Waals surface area contributed by atoms with E-state index in [1.807, 2.05) is 66.7 Å². The van der Waals surface area contributed by atoms with Crippen LogP contribution in [0.25, 0.3) is 11.3 Å². The Labute approximate surface area is 241 Å². The molecule has 4 aromatic carbocycles. The average molecular weight is 559 g/mol. The molecule has 42 heavy (non-hydrogen) atoms. The molecule has 2 aliphatic heterocycles. The monoisotopic (exact) mass is 558 g/mol. The second-order valence-electron chi connectivity index (χ2n) is 9.99. The van der Waals surface area contributed by atoms with Crippen LogP contribution in [0.2, 0.25) is 0 Å². The van der Waals surface area contributed by atoms with Gasteiger partial charge in [-0.1, -0.05) is 54.6 Å². The molecule has 0 bridgehead atoms. The predicted molar refractivity (Wildman–Crippen MR) is 161 cm³/mol. The number of para-hydroxylation sites is 1. The van der Waals surface area contributed by atoms with Crippen LogP contribution in [-0.2, 0) is 20.8 Å². The van der Waals surface area contributed by atoms with Gasteiger partial charge < -0.3 is 26.0 Å². The summed E-state index contributed by atoms with van der Waals surface area (Å²) in [5, 5.41) is 18.3. The van der Waals surface area contributed by atoms with E-state index in [1.54, 1.807) is 23.1 Å². The molecule has 0 fully saturated rings. The van der Waals surface area contributed by atoms with Gasteiger partial charge in [0.15, 0.2) is 0 Å². The Kier molecular flexibility index (Phi) is 6.98. The second kappa shape index (κ2) is 11.1. The Bertz CT molecular complexity index is 1770. The van der Waals surface area contributed by atoms with Crippen LogP contribution in [0.15, 0.2) is 97.1 Å². The standard InChI is InChI=1S/C33H26N4O5/c38-28(34-23-9-5-2-6-10-23)19-29(39)37-16-15-21-17-24(12-14-27(21)37)35-31(20-7-3-1-4-8-20)30-25-13-11-22(33(41)42)18-26(25)36-32(30)40/h1-14,17-18,35H,15-16,19H2,(H,34,38)(H,36,40)(H,41,42)/b31-30-. The van der Waals surface area contributed by atoms with Gasteiger partial charge in [-0.05, 0) is 60.0 Å². The number of carbonyl (C=O) groups excluding carboxylic acids is 3. The van der Waals surface area contributed by atoms with Crippen molar-refractivity contribution < 1.29 is 24.3 Å². The number of carbonyl (C=O) groups is 4. The Morgan fingerprint density at radius 3 is 2.29 bits per heavy atom. The maximum absolute atomic E-state index is 13.2. The van der Waals surface area contributed by atoms with Crippen molar-refractivity contribution in [2.75, 3.05) is 27.4 Å². The van der Waals surface area contributed by atoms with Crippen molar-refractivity contribution in [2.24, 2.45) is 0 Å². The molecule has 9 heteroatoms. The number of hydrogen-bond donors (Lipinski definition) is 4. The van der Waals surface area contributed by atoms with Crippen LogP contribution in [0.5, 0.6) is 0 Å². The minimum Gasteiger partial charge on any atom is -0.478 e. The highest BCUT2D eigenvalue weighted by molar-refractivity contribution is 6.37. The molecule has 0 atom stereocenters. The molecule has 0 unspecified atom stereocenters. The molecule has 6 rings (SSSR count). The van der Waals surface area contributed by atoms with Gasteiger partial charge in [0.2, 0.25) is 11.8 Å². The number of anilines is 4. The second-order valence-corrected chi connectivity index (χ2v) is 9.99. The molecule has 0 radical (unpaired) electrons. The van der Waals surface area contributed by atoms with Gasteiger partial charge in [0.25, 0.3) is 5.91 Å². The summed E-state index contributed by atoms with van der Waals surface area (Å²) in [5.74, 6) is -2.07. The first-order valence-electron chi connectivity index (χ1n) is 13.4. The van der Waals surface area contributed by atoms with Crippen LogP contribution in [0.4, 0.5) is 22.7 Å². The molecule has 4 N–H and O–H groups in total. The van der Waals surface area contributed by atoms with Crippen LogP contribution in [0.1, 0.15) is 33.5 Å². The zero-order chi connectivity index (χ0) is 29.2. The minimum atomic E-state index is -1.08. The Morgan fingerprint density at radius 2 is 1.55 bits per heavy atom. The fraction of sp³-hybridized carbons (Fsp3) is 0.0909. The molecule has 2 heterocycles. The van der Waals surface area contributed by atoms with E-state index >= 15 is 0 Å². The SMILES string of the molecule is O=C(CC(=O)N1CCc2cc(N/C(=C3\C(=O)Nc4cc(C(=O)O)ccc43)c3ccccc3)ccc21)Nc1ccccc1. The van der Waals surface area contributed by atoms with Gasteiger partial charge in [0, 0.05) is 29.2 Å². The lowest BCUT2D eigenvalue weighted by molar-refractivity contribution is -0.125. The molecule has 3 amide bonds. The highest BCUT2D eigenvalue weighted by atomic mass is 16.4. The first kappa shape index (κ1) is 26.5. The lowest BCUT2D eigenvalue weighted by Gasteiger charge is -2.19. The molecule has 0 saturated carbocycles.